The fraction of sp³-hybridized carbons (Fsp3) is 0.0952. The van der Waals surface area contributed by atoms with Gasteiger partial charge in [-0.1, -0.05) is 29.3 Å². The van der Waals surface area contributed by atoms with Crippen molar-refractivity contribution in [2.24, 2.45) is 0 Å². The summed E-state index contributed by atoms with van der Waals surface area (Å²) >= 11 is 15.5. The molecule has 2 aromatic heterocycles. The Bertz CT molecular complexity index is 1240. The largest absolute Gasteiger partial charge is 0.497 e. The zero-order chi connectivity index (χ0) is 22.0. The number of halogens is 3. The number of aromatic amines is 1. The van der Waals surface area contributed by atoms with E-state index in [1.54, 1.807) is 36.2 Å². The summed E-state index contributed by atoms with van der Waals surface area (Å²) in [4.78, 5) is 12.7. The van der Waals surface area contributed by atoms with E-state index in [-0.39, 0.29) is 5.91 Å². The van der Waals surface area contributed by atoms with E-state index in [1.807, 2.05) is 30.3 Å². The lowest BCUT2D eigenvalue weighted by atomic mass is 10.1. The van der Waals surface area contributed by atoms with Crippen LogP contribution in [-0.4, -0.2) is 33.0 Å². The first-order valence-electron chi connectivity index (χ1n) is 9.11. The Labute approximate surface area is 196 Å². The van der Waals surface area contributed by atoms with Crippen LogP contribution in [0.1, 0.15) is 16.1 Å². The molecule has 0 unspecified atom stereocenters. The van der Waals surface area contributed by atoms with Gasteiger partial charge in [0, 0.05) is 11.8 Å². The number of aromatic nitrogens is 4. The highest BCUT2D eigenvalue weighted by Crippen LogP contribution is 2.25. The van der Waals surface area contributed by atoms with Crippen molar-refractivity contribution in [2.75, 3.05) is 12.4 Å². The summed E-state index contributed by atoms with van der Waals surface area (Å²) in [6, 6.07) is 14.5. The highest BCUT2D eigenvalue weighted by atomic mass is 79.9. The summed E-state index contributed by atoms with van der Waals surface area (Å²) in [6.45, 7) is 0.469. The Morgan fingerprint density at radius 3 is 2.65 bits per heavy atom. The smallest absolute Gasteiger partial charge is 0.274 e. The van der Waals surface area contributed by atoms with Gasteiger partial charge in [-0.25, -0.2) is 0 Å². The molecule has 0 atom stereocenters. The molecule has 0 aliphatic rings. The lowest BCUT2D eigenvalue weighted by molar-refractivity contribution is 0.102. The minimum Gasteiger partial charge on any atom is -0.497 e. The van der Waals surface area contributed by atoms with Crippen LogP contribution in [0, 0.1) is 0 Å². The second kappa shape index (κ2) is 9.13. The second-order valence-electron chi connectivity index (χ2n) is 6.62. The molecule has 158 valence electrons. The number of rotatable bonds is 6. The van der Waals surface area contributed by atoms with Gasteiger partial charge in [-0.3, -0.25) is 14.6 Å². The van der Waals surface area contributed by atoms with Crippen LogP contribution in [0.15, 0.2) is 59.2 Å². The predicted molar refractivity (Wildman–Crippen MR) is 124 cm³/mol. The summed E-state index contributed by atoms with van der Waals surface area (Å²) in [5, 5.41) is 15.1. The fourth-order valence-electron chi connectivity index (χ4n) is 2.91. The molecule has 0 saturated heterocycles. The molecule has 0 aliphatic carbocycles. The van der Waals surface area contributed by atoms with Crippen molar-refractivity contribution in [1.82, 2.24) is 20.0 Å². The Morgan fingerprint density at radius 2 is 1.94 bits per heavy atom. The third kappa shape index (κ3) is 4.92. The van der Waals surface area contributed by atoms with E-state index in [0.29, 0.717) is 38.3 Å². The molecule has 7 nitrogen and oxygen atoms in total. The van der Waals surface area contributed by atoms with Gasteiger partial charge in [0.15, 0.2) is 5.82 Å². The molecule has 0 fully saturated rings. The third-order valence-electron chi connectivity index (χ3n) is 4.49. The molecule has 2 heterocycles. The van der Waals surface area contributed by atoms with Gasteiger partial charge in [-0.05, 0) is 64.0 Å². The maximum absolute atomic E-state index is 12.7. The van der Waals surface area contributed by atoms with Crippen LogP contribution in [0.5, 0.6) is 5.75 Å². The first kappa shape index (κ1) is 21.4. The zero-order valence-electron chi connectivity index (χ0n) is 16.2. The molecule has 2 aromatic carbocycles. The molecule has 4 rings (SSSR count). The molecule has 0 radical (unpaired) electrons. The molecule has 0 aliphatic heterocycles. The van der Waals surface area contributed by atoms with Crippen LogP contribution in [-0.2, 0) is 6.54 Å². The number of methoxy groups -OCH3 is 1. The number of carbonyl (C=O) groups is 1. The number of amides is 1. The maximum atomic E-state index is 12.7. The average molecular weight is 521 g/mol. The van der Waals surface area contributed by atoms with Gasteiger partial charge >= 0.3 is 0 Å². The number of ether oxygens (including phenoxy) is 1. The van der Waals surface area contributed by atoms with Gasteiger partial charge in [0.25, 0.3) is 5.91 Å². The predicted octanol–water partition coefficient (Wildman–Crippen LogP) is 5.65. The molecule has 2 N–H and O–H groups in total. The Balaban J connectivity index is 1.46. The summed E-state index contributed by atoms with van der Waals surface area (Å²) in [6.07, 6.45) is 1.77. The van der Waals surface area contributed by atoms with Crippen molar-refractivity contribution in [3.63, 3.8) is 0 Å². The standard InChI is InChI=1S/C21H16BrCl2N5O2/c1-31-14-5-3-13(4-6-14)18-9-19(27-26-18)21(30)25-20-15(22)11-29(28-20)10-12-2-7-16(23)17(24)8-12/h2-9,11H,10H2,1H3,(H,26,27)(H,25,28,30). The Kier molecular flexibility index (Phi) is 6.31. The van der Waals surface area contributed by atoms with E-state index in [0.717, 1.165) is 16.9 Å². The molecule has 0 saturated carbocycles. The van der Waals surface area contributed by atoms with Gasteiger partial charge in [-0.2, -0.15) is 10.2 Å². The van der Waals surface area contributed by atoms with Crippen LogP contribution in [0.25, 0.3) is 11.3 Å². The average Bonchev–Trinajstić information content (AvgIpc) is 3.38. The number of H-pyrrole nitrogens is 1. The zero-order valence-corrected chi connectivity index (χ0v) is 19.3. The lowest BCUT2D eigenvalue weighted by Crippen LogP contribution is -2.13. The number of nitrogens with one attached hydrogen (secondary N) is 2. The van der Waals surface area contributed by atoms with Crippen molar-refractivity contribution >= 4 is 50.9 Å². The first-order chi connectivity index (χ1) is 14.9. The second-order valence-corrected chi connectivity index (χ2v) is 8.29. The topological polar surface area (TPSA) is 84.8 Å². The van der Waals surface area contributed by atoms with E-state index in [1.165, 1.54) is 0 Å². The summed E-state index contributed by atoms with van der Waals surface area (Å²) in [7, 11) is 1.61. The molecule has 4 aromatic rings. The highest BCUT2D eigenvalue weighted by molar-refractivity contribution is 9.10. The van der Waals surface area contributed by atoms with Crippen molar-refractivity contribution in [3.05, 3.63) is 80.5 Å². The van der Waals surface area contributed by atoms with Crippen LogP contribution in [0.4, 0.5) is 5.82 Å². The number of benzene rings is 2. The third-order valence-corrected chi connectivity index (χ3v) is 5.81. The quantitative estimate of drug-likeness (QED) is 0.344. The molecule has 0 spiro atoms. The molecular weight excluding hydrogens is 505 g/mol. The van der Waals surface area contributed by atoms with Gasteiger partial charge in [0.05, 0.1) is 33.9 Å². The number of carbonyl (C=O) groups excluding carboxylic acids is 1. The highest BCUT2D eigenvalue weighted by Gasteiger charge is 2.15. The van der Waals surface area contributed by atoms with E-state index < -0.39 is 0 Å². The maximum Gasteiger partial charge on any atom is 0.274 e. The summed E-state index contributed by atoms with van der Waals surface area (Å²) in [5.41, 5.74) is 2.76. The van der Waals surface area contributed by atoms with E-state index in [2.05, 4.69) is 36.5 Å². The van der Waals surface area contributed by atoms with Gasteiger partial charge in [0.1, 0.15) is 11.4 Å². The number of anilines is 1. The molecule has 0 bridgehead atoms. The normalized spacial score (nSPS) is 10.8. The number of hydrogen-bond acceptors (Lipinski definition) is 4. The van der Waals surface area contributed by atoms with E-state index >= 15 is 0 Å². The lowest BCUT2D eigenvalue weighted by Gasteiger charge is -2.04. The fourth-order valence-corrected chi connectivity index (χ4v) is 3.65. The van der Waals surface area contributed by atoms with Crippen molar-refractivity contribution in [2.45, 2.75) is 6.54 Å². The minimum absolute atomic E-state index is 0.316. The van der Waals surface area contributed by atoms with Gasteiger partial charge in [0.2, 0.25) is 0 Å². The summed E-state index contributed by atoms with van der Waals surface area (Å²) in [5.74, 6) is 0.789. The van der Waals surface area contributed by atoms with Gasteiger partial charge < -0.3 is 10.1 Å². The number of nitrogens with zero attached hydrogens (tertiary/aromatic N) is 3. The van der Waals surface area contributed by atoms with Crippen LogP contribution in [0.2, 0.25) is 10.0 Å². The Morgan fingerprint density at radius 1 is 1.16 bits per heavy atom. The number of hydrogen-bond donors (Lipinski definition) is 2. The minimum atomic E-state index is -0.354. The van der Waals surface area contributed by atoms with Crippen LogP contribution < -0.4 is 10.1 Å². The Hall–Kier alpha value is -2.81. The van der Waals surface area contributed by atoms with Crippen molar-refractivity contribution < 1.29 is 9.53 Å². The molecule has 31 heavy (non-hydrogen) atoms. The monoisotopic (exact) mass is 519 g/mol. The first-order valence-corrected chi connectivity index (χ1v) is 10.7. The van der Waals surface area contributed by atoms with Crippen LogP contribution >= 0.6 is 39.1 Å². The van der Waals surface area contributed by atoms with Crippen molar-refractivity contribution in [3.8, 4) is 17.0 Å². The van der Waals surface area contributed by atoms with E-state index in [9.17, 15) is 4.79 Å². The summed E-state index contributed by atoms with van der Waals surface area (Å²) < 4.78 is 7.50. The van der Waals surface area contributed by atoms with Gasteiger partial charge in [-0.15, -0.1) is 0 Å². The molecule has 1 amide bonds. The SMILES string of the molecule is COc1ccc(-c2cc(C(=O)Nc3nn(Cc4ccc(Cl)c(Cl)c4)cc3Br)[nH]n2)cc1. The van der Waals surface area contributed by atoms with Crippen molar-refractivity contribution in [1.29, 1.82) is 0 Å². The van der Waals surface area contributed by atoms with E-state index in [4.69, 9.17) is 27.9 Å². The molecular formula is C21H16BrCl2N5O2. The molecule has 10 heteroatoms. The van der Waals surface area contributed by atoms with Crippen LogP contribution in [0.3, 0.4) is 0 Å².